The second-order valence-electron chi connectivity index (χ2n) is 7.85. The van der Waals surface area contributed by atoms with Gasteiger partial charge in [-0.15, -0.1) is 11.3 Å². The van der Waals surface area contributed by atoms with Crippen molar-refractivity contribution in [2.24, 2.45) is 11.7 Å². The normalized spacial score (nSPS) is 23.6. The van der Waals surface area contributed by atoms with Crippen LogP contribution in [-0.2, 0) is 0 Å². The van der Waals surface area contributed by atoms with Gasteiger partial charge in [-0.3, -0.25) is 5.43 Å². The minimum atomic E-state index is 0.0781. The minimum absolute atomic E-state index is 0.0781. The minimum Gasteiger partial charge on any atom is -0.356 e. The third kappa shape index (κ3) is 3.39. The maximum atomic E-state index is 5.98. The number of piperidine rings is 1. The Balaban J connectivity index is 1.40. The number of anilines is 1. The van der Waals surface area contributed by atoms with Crippen molar-refractivity contribution < 1.29 is 0 Å². The molecule has 2 saturated heterocycles. The first-order chi connectivity index (χ1) is 13.7. The summed E-state index contributed by atoms with van der Waals surface area (Å²) < 4.78 is 0. The summed E-state index contributed by atoms with van der Waals surface area (Å²) in [4.78, 5) is 14.3. The fourth-order valence-electron chi connectivity index (χ4n) is 4.43. The SMILES string of the molecule is Cc1nc(N2CCC(C3CC(N)NN3)CC2)c2cc(-c3ccccc3)sc2n1. The van der Waals surface area contributed by atoms with Crippen molar-refractivity contribution in [1.82, 2.24) is 20.8 Å². The molecule has 2 atom stereocenters. The van der Waals surface area contributed by atoms with Crippen LogP contribution in [0.2, 0.25) is 0 Å². The molecule has 146 valence electrons. The van der Waals surface area contributed by atoms with E-state index in [0.717, 1.165) is 48.8 Å². The van der Waals surface area contributed by atoms with Gasteiger partial charge in [0, 0.05) is 24.0 Å². The van der Waals surface area contributed by atoms with Crippen molar-refractivity contribution in [3.63, 3.8) is 0 Å². The average molecular weight is 395 g/mol. The third-order valence-electron chi connectivity index (χ3n) is 5.91. The van der Waals surface area contributed by atoms with E-state index in [0.29, 0.717) is 12.0 Å². The van der Waals surface area contributed by atoms with Crippen molar-refractivity contribution in [2.75, 3.05) is 18.0 Å². The Kier molecular flexibility index (Phi) is 4.76. The van der Waals surface area contributed by atoms with Crippen LogP contribution < -0.4 is 21.5 Å². The quantitative estimate of drug-likeness (QED) is 0.634. The topological polar surface area (TPSA) is 79.1 Å². The Hall–Kier alpha value is -2.06. The molecule has 2 unspecified atom stereocenters. The number of hydrogen-bond acceptors (Lipinski definition) is 7. The molecule has 0 aliphatic carbocycles. The van der Waals surface area contributed by atoms with Crippen LogP contribution in [0.3, 0.4) is 0 Å². The summed E-state index contributed by atoms with van der Waals surface area (Å²) >= 11 is 1.75. The maximum Gasteiger partial charge on any atom is 0.141 e. The second kappa shape index (κ2) is 7.40. The predicted molar refractivity (Wildman–Crippen MR) is 115 cm³/mol. The van der Waals surface area contributed by atoms with Crippen LogP contribution in [0, 0.1) is 12.8 Å². The van der Waals surface area contributed by atoms with Gasteiger partial charge in [0.05, 0.1) is 11.6 Å². The molecule has 2 aliphatic rings. The van der Waals surface area contributed by atoms with Crippen LogP contribution in [-0.4, -0.2) is 35.3 Å². The molecular weight excluding hydrogens is 368 g/mol. The Morgan fingerprint density at radius 2 is 1.89 bits per heavy atom. The van der Waals surface area contributed by atoms with Gasteiger partial charge in [-0.05, 0) is 43.7 Å². The third-order valence-corrected chi connectivity index (χ3v) is 6.99. The molecule has 0 amide bonds. The van der Waals surface area contributed by atoms with Crippen LogP contribution >= 0.6 is 11.3 Å². The zero-order chi connectivity index (χ0) is 19.1. The fraction of sp³-hybridized carbons (Fsp3) is 0.429. The highest BCUT2D eigenvalue weighted by atomic mass is 32.1. The van der Waals surface area contributed by atoms with E-state index in [1.165, 1.54) is 15.8 Å². The molecular formula is C21H26N6S. The summed E-state index contributed by atoms with van der Waals surface area (Å²) in [6, 6.07) is 13.3. The van der Waals surface area contributed by atoms with Gasteiger partial charge in [0.15, 0.2) is 0 Å². The summed E-state index contributed by atoms with van der Waals surface area (Å²) in [5, 5.41) is 1.18. The number of rotatable bonds is 3. The van der Waals surface area contributed by atoms with Gasteiger partial charge in [-0.25, -0.2) is 15.4 Å². The van der Waals surface area contributed by atoms with Gasteiger partial charge in [-0.2, -0.15) is 0 Å². The molecule has 6 nitrogen and oxygen atoms in total. The molecule has 0 radical (unpaired) electrons. The first kappa shape index (κ1) is 18.0. The van der Waals surface area contributed by atoms with Crippen molar-refractivity contribution in [3.05, 3.63) is 42.2 Å². The highest BCUT2D eigenvalue weighted by Crippen LogP contribution is 2.38. The number of aromatic nitrogens is 2. The first-order valence-electron chi connectivity index (χ1n) is 10.0. The standard InChI is InChI=1S/C21H26N6S/c1-13-23-20(27-9-7-14(8-10-27)17-12-19(22)26-25-17)16-11-18(28-21(16)24-13)15-5-3-2-4-6-15/h2-6,11,14,17,19,25-26H,7-10,12,22H2,1H3. The Morgan fingerprint density at radius 3 is 2.61 bits per heavy atom. The van der Waals surface area contributed by atoms with Gasteiger partial charge < -0.3 is 10.6 Å². The number of nitrogens with zero attached hydrogens (tertiary/aromatic N) is 3. The molecule has 7 heteroatoms. The molecule has 0 saturated carbocycles. The molecule has 1 aromatic carbocycles. The van der Waals surface area contributed by atoms with Crippen LogP contribution in [0.1, 0.15) is 25.1 Å². The molecule has 2 aromatic heterocycles. The Morgan fingerprint density at radius 1 is 1.11 bits per heavy atom. The van der Waals surface area contributed by atoms with E-state index in [4.69, 9.17) is 15.7 Å². The summed E-state index contributed by atoms with van der Waals surface area (Å²) in [5.74, 6) is 2.60. The lowest BCUT2D eigenvalue weighted by atomic mass is 9.88. The smallest absolute Gasteiger partial charge is 0.141 e. The molecule has 28 heavy (non-hydrogen) atoms. The van der Waals surface area contributed by atoms with E-state index < -0.39 is 0 Å². The zero-order valence-electron chi connectivity index (χ0n) is 16.1. The van der Waals surface area contributed by atoms with E-state index in [1.807, 2.05) is 6.92 Å². The number of benzene rings is 1. The molecule has 0 spiro atoms. The van der Waals surface area contributed by atoms with Crippen LogP contribution in [0.4, 0.5) is 5.82 Å². The lowest BCUT2D eigenvalue weighted by molar-refractivity contribution is 0.310. The van der Waals surface area contributed by atoms with Crippen molar-refractivity contribution in [3.8, 4) is 10.4 Å². The molecule has 0 bridgehead atoms. The van der Waals surface area contributed by atoms with Crippen LogP contribution in [0.25, 0.3) is 20.7 Å². The molecule has 4 heterocycles. The van der Waals surface area contributed by atoms with Crippen LogP contribution in [0.15, 0.2) is 36.4 Å². The monoisotopic (exact) mass is 394 g/mol. The van der Waals surface area contributed by atoms with Crippen molar-refractivity contribution in [2.45, 2.75) is 38.4 Å². The van der Waals surface area contributed by atoms with Gasteiger partial charge in [-0.1, -0.05) is 30.3 Å². The first-order valence-corrected chi connectivity index (χ1v) is 10.8. The summed E-state index contributed by atoms with van der Waals surface area (Å²) in [5.41, 5.74) is 13.7. The lowest BCUT2D eigenvalue weighted by Crippen LogP contribution is -2.43. The fourth-order valence-corrected chi connectivity index (χ4v) is 5.50. The highest BCUT2D eigenvalue weighted by Gasteiger charge is 2.32. The number of hydrazine groups is 1. The molecule has 3 aromatic rings. The summed E-state index contributed by atoms with van der Waals surface area (Å²) in [7, 11) is 0. The van der Waals surface area contributed by atoms with E-state index in [-0.39, 0.29) is 6.17 Å². The number of nitrogens with one attached hydrogen (secondary N) is 2. The highest BCUT2D eigenvalue weighted by molar-refractivity contribution is 7.21. The number of hydrogen-bond donors (Lipinski definition) is 3. The second-order valence-corrected chi connectivity index (χ2v) is 8.88. The predicted octanol–water partition coefficient (Wildman–Crippen LogP) is 3.03. The van der Waals surface area contributed by atoms with E-state index in [1.54, 1.807) is 11.3 Å². The Labute approximate surface area is 169 Å². The summed E-state index contributed by atoms with van der Waals surface area (Å²) in [6.45, 7) is 4.05. The number of nitrogens with two attached hydrogens (primary N) is 1. The molecule has 2 fully saturated rings. The van der Waals surface area contributed by atoms with E-state index >= 15 is 0 Å². The molecule has 2 aliphatic heterocycles. The van der Waals surface area contributed by atoms with Crippen LogP contribution in [0.5, 0.6) is 0 Å². The van der Waals surface area contributed by atoms with Gasteiger partial charge in [0.2, 0.25) is 0 Å². The number of fused-ring (bicyclic) bond motifs is 1. The van der Waals surface area contributed by atoms with Gasteiger partial charge in [0.1, 0.15) is 16.5 Å². The van der Waals surface area contributed by atoms with E-state index in [9.17, 15) is 0 Å². The average Bonchev–Trinajstić information content (AvgIpc) is 3.34. The van der Waals surface area contributed by atoms with Gasteiger partial charge >= 0.3 is 0 Å². The largest absolute Gasteiger partial charge is 0.356 e. The summed E-state index contributed by atoms with van der Waals surface area (Å²) in [6.07, 6.45) is 3.40. The number of thiophene rings is 1. The maximum absolute atomic E-state index is 5.98. The van der Waals surface area contributed by atoms with E-state index in [2.05, 4.69) is 52.1 Å². The zero-order valence-corrected chi connectivity index (χ0v) is 16.9. The number of aryl methyl sites for hydroxylation is 1. The molecule has 4 N–H and O–H groups in total. The van der Waals surface area contributed by atoms with Crippen molar-refractivity contribution >= 4 is 27.4 Å². The van der Waals surface area contributed by atoms with Gasteiger partial charge in [0.25, 0.3) is 0 Å². The van der Waals surface area contributed by atoms with Crippen molar-refractivity contribution in [1.29, 1.82) is 0 Å². The lowest BCUT2D eigenvalue weighted by Gasteiger charge is -2.35. The molecule has 5 rings (SSSR count). The Bertz CT molecular complexity index is 964.